The minimum absolute atomic E-state index is 0.112. The Balaban J connectivity index is 1.27. The second-order valence-corrected chi connectivity index (χ2v) is 11.7. The molecule has 0 aliphatic carbocycles. The standard InChI is InChI=1S/C32H27N3O4S2/c1-20-8-6-9-21(2)29(20)35-28(36)19-27(32(35)39)41-24-15-13-23(14-16-24)33-31(38)26(18-25-12-7-17-40-25)34-30(37)22-10-4-3-5-11-22/h3-18,27H,19H2,1-2H3,(H,33,38)(H,34,37)/b26-18-. The van der Waals surface area contributed by atoms with Crippen LogP contribution in [-0.2, 0) is 14.4 Å². The average molecular weight is 582 g/mol. The maximum absolute atomic E-state index is 13.2. The van der Waals surface area contributed by atoms with Gasteiger partial charge in [0.05, 0.1) is 10.9 Å². The fraction of sp³-hybridized carbons (Fsp3) is 0.125. The average Bonchev–Trinajstić information content (AvgIpc) is 3.57. The molecule has 1 aromatic heterocycles. The minimum Gasteiger partial charge on any atom is -0.321 e. The van der Waals surface area contributed by atoms with E-state index in [0.29, 0.717) is 16.9 Å². The first-order valence-corrected chi connectivity index (χ1v) is 14.7. The summed E-state index contributed by atoms with van der Waals surface area (Å²) in [4.78, 5) is 54.9. The van der Waals surface area contributed by atoms with Crippen molar-refractivity contribution >= 4 is 64.2 Å². The van der Waals surface area contributed by atoms with Crippen LogP contribution >= 0.6 is 23.1 Å². The first-order valence-electron chi connectivity index (χ1n) is 12.9. The van der Waals surface area contributed by atoms with Crippen molar-refractivity contribution in [2.75, 3.05) is 10.2 Å². The highest BCUT2D eigenvalue weighted by molar-refractivity contribution is 8.00. The summed E-state index contributed by atoms with van der Waals surface area (Å²) >= 11 is 2.77. The van der Waals surface area contributed by atoms with Gasteiger partial charge in [0.25, 0.3) is 11.8 Å². The molecule has 5 rings (SSSR count). The molecule has 0 spiro atoms. The Morgan fingerprint density at radius 2 is 1.61 bits per heavy atom. The van der Waals surface area contributed by atoms with E-state index in [1.807, 2.05) is 55.6 Å². The molecule has 0 saturated carbocycles. The lowest BCUT2D eigenvalue weighted by atomic mass is 10.1. The molecule has 7 nitrogen and oxygen atoms in total. The monoisotopic (exact) mass is 581 g/mol. The van der Waals surface area contributed by atoms with Crippen LogP contribution in [-0.4, -0.2) is 28.9 Å². The first kappa shape index (κ1) is 28.1. The van der Waals surface area contributed by atoms with Crippen molar-refractivity contribution in [3.05, 3.63) is 118 Å². The van der Waals surface area contributed by atoms with Crippen LogP contribution in [0.5, 0.6) is 0 Å². The summed E-state index contributed by atoms with van der Waals surface area (Å²) in [5, 5.41) is 6.92. The lowest BCUT2D eigenvalue weighted by molar-refractivity contribution is -0.121. The molecule has 4 aromatic rings. The van der Waals surface area contributed by atoms with E-state index in [4.69, 9.17) is 0 Å². The van der Waals surface area contributed by atoms with Crippen LogP contribution in [0.4, 0.5) is 11.4 Å². The van der Waals surface area contributed by atoms with Crippen molar-refractivity contribution in [2.45, 2.75) is 30.4 Å². The number of hydrogen-bond donors (Lipinski definition) is 2. The number of rotatable bonds is 8. The van der Waals surface area contributed by atoms with E-state index in [0.717, 1.165) is 20.9 Å². The number of carbonyl (C=O) groups excluding carboxylic acids is 4. The molecule has 2 N–H and O–H groups in total. The van der Waals surface area contributed by atoms with E-state index in [2.05, 4.69) is 10.6 Å². The van der Waals surface area contributed by atoms with E-state index in [1.54, 1.807) is 54.6 Å². The van der Waals surface area contributed by atoms with Crippen LogP contribution in [0.3, 0.4) is 0 Å². The molecule has 206 valence electrons. The largest absolute Gasteiger partial charge is 0.321 e. The summed E-state index contributed by atoms with van der Waals surface area (Å²) in [5.41, 5.74) is 3.50. The van der Waals surface area contributed by atoms with Gasteiger partial charge in [0.2, 0.25) is 11.8 Å². The van der Waals surface area contributed by atoms with Gasteiger partial charge in [-0.3, -0.25) is 19.2 Å². The van der Waals surface area contributed by atoms with E-state index < -0.39 is 11.2 Å². The lowest BCUT2D eigenvalue weighted by Crippen LogP contribution is -2.32. The molecule has 0 radical (unpaired) electrons. The molecule has 1 fully saturated rings. The topological polar surface area (TPSA) is 95.6 Å². The Kier molecular flexibility index (Phi) is 8.47. The number of anilines is 2. The number of carbonyl (C=O) groups is 4. The van der Waals surface area contributed by atoms with Crippen molar-refractivity contribution < 1.29 is 19.2 Å². The van der Waals surface area contributed by atoms with Gasteiger partial charge in [-0.1, -0.05) is 42.5 Å². The molecule has 1 aliphatic heterocycles. The molecule has 3 aromatic carbocycles. The van der Waals surface area contributed by atoms with Gasteiger partial charge in [0.15, 0.2) is 0 Å². The summed E-state index contributed by atoms with van der Waals surface area (Å²) in [6, 6.07) is 25.2. The van der Waals surface area contributed by atoms with Gasteiger partial charge >= 0.3 is 0 Å². The highest BCUT2D eigenvalue weighted by Crippen LogP contribution is 2.36. The number of amides is 4. The number of nitrogens with one attached hydrogen (secondary N) is 2. The summed E-state index contributed by atoms with van der Waals surface area (Å²) < 4.78 is 0. The fourth-order valence-corrected chi connectivity index (χ4v) is 6.24. The van der Waals surface area contributed by atoms with Crippen LogP contribution in [0.15, 0.2) is 101 Å². The van der Waals surface area contributed by atoms with Crippen LogP contribution in [0, 0.1) is 13.8 Å². The van der Waals surface area contributed by atoms with E-state index in [-0.39, 0.29) is 29.8 Å². The molecule has 1 atom stereocenters. The zero-order valence-corrected chi connectivity index (χ0v) is 24.1. The molecule has 1 aliphatic rings. The quantitative estimate of drug-likeness (QED) is 0.191. The second-order valence-electron chi connectivity index (χ2n) is 9.49. The number of imide groups is 1. The van der Waals surface area contributed by atoms with Crippen LogP contribution in [0.2, 0.25) is 0 Å². The van der Waals surface area contributed by atoms with Gasteiger partial charge < -0.3 is 10.6 Å². The van der Waals surface area contributed by atoms with Crippen molar-refractivity contribution in [3.8, 4) is 0 Å². The van der Waals surface area contributed by atoms with Gasteiger partial charge in [-0.25, -0.2) is 4.90 Å². The highest BCUT2D eigenvalue weighted by atomic mass is 32.2. The molecular weight excluding hydrogens is 555 g/mol. The second kappa shape index (κ2) is 12.4. The van der Waals surface area contributed by atoms with Gasteiger partial charge in [-0.05, 0) is 78.9 Å². The third-order valence-electron chi connectivity index (χ3n) is 6.52. The summed E-state index contributed by atoms with van der Waals surface area (Å²) in [6.07, 6.45) is 1.75. The lowest BCUT2D eigenvalue weighted by Gasteiger charge is -2.19. The first-order chi connectivity index (χ1) is 19.8. The molecule has 41 heavy (non-hydrogen) atoms. The zero-order valence-electron chi connectivity index (χ0n) is 22.4. The maximum Gasteiger partial charge on any atom is 0.272 e. The maximum atomic E-state index is 13.2. The van der Waals surface area contributed by atoms with Crippen molar-refractivity contribution in [1.29, 1.82) is 0 Å². The fourth-order valence-electron chi connectivity index (χ4n) is 4.53. The number of benzene rings is 3. The Morgan fingerprint density at radius 3 is 2.27 bits per heavy atom. The normalized spacial score (nSPS) is 15.2. The smallest absolute Gasteiger partial charge is 0.272 e. The van der Waals surface area contributed by atoms with E-state index in [1.165, 1.54) is 28.0 Å². The molecule has 9 heteroatoms. The number of nitrogens with zero attached hydrogens (tertiary/aromatic N) is 1. The zero-order chi connectivity index (χ0) is 28.9. The number of thiophene rings is 1. The van der Waals surface area contributed by atoms with E-state index >= 15 is 0 Å². The Morgan fingerprint density at radius 1 is 0.902 bits per heavy atom. The number of aryl methyl sites for hydroxylation is 2. The third-order valence-corrected chi connectivity index (χ3v) is 8.53. The molecule has 1 unspecified atom stereocenters. The van der Waals surface area contributed by atoms with Gasteiger partial charge in [-0.15, -0.1) is 23.1 Å². The Hall–Kier alpha value is -4.47. The summed E-state index contributed by atoms with van der Waals surface area (Å²) in [5.74, 6) is -1.30. The highest BCUT2D eigenvalue weighted by Gasteiger charge is 2.41. The number of hydrogen-bond acceptors (Lipinski definition) is 6. The van der Waals surface area contributed by atoms with Crippen molar-refractivity contribution in [3.63, 3.8) is 0 Å². The van der Waals surface area contributed by atoms with Gasteiger partial charge in [0.1, 0.15) is 5.70 Å². The van der Waals surface area contributed by atoms with Crippen LogP contribution < -0.4 is 15.5 Å². The predicted octanol–water partition coefficient (Wildman–Crippen LogP) is 6.20. The third kappa shape index (κ3) is 6.48. The SMILES string of the molecule is Cc1cccc(C)c1N1C(=O)CC(Sc2ccc(NC(=O)/C(=C/c3cccs3)NC(=O)c3ccccc3)cc2)C1=O. The van der Waals surface area contributed by atoms with Crippen LogP contribution in [0.25, 0.3) is 6.08 Å². The Labute approximate surface area is 246 Å². The minimum atomic E-state index is -0.532. The summed E-state index contributed by atoms with van der Waals surface area (Å²) in [6.45, 7) is 3.79. The summed E-state index contributed by atoms with van der Waals surface area (Å²) in [7, 11) is 0. The van der Waals surface area contributed by atoms with Gasteiger partial charge in [-0.2, -0.15) is 0 Å². The Bertz CT molecular complexity index is 1610. The number of thioether (sulfide) groups is 1. The molecule has 2 heterocycles. The van der Waals surface area contributed by atoms with Crippen molar-refractivity contribution in [1.82, 2.24) is 5.32 Å². The van der Waals surface area contributed by atoms with E-state index in [9.17, 15) is 19.2 Å². The van der Waals surface area contributed by atoms with Gasteiger partial charge in [0, 0.05) is 27.4 Å². The molecular formula is C32H27N3O4S2. The molecule has 4 amide bonds. The molecule has 0 bridgehead atoms. The van der Waals surface area contributed by atoms with Crippen LogP contribution in [0.1, 0.15) is 32.8 Å². The number of para-hydroxylation sites is 1. The predicted molar refractivity (Wildman–Crippen MR) is 164 cm³/mol. The molecule has 1 saturated heterocycles. The van der Waals surface area contributed by atoms with Crippen molar-refractivity contribution in [2.24, 2.45) is 0 Å².